The molecule has 2 aromatic rings. The van der Waals surface area contributed by atoms with Gasteiger partial charge in [0.2, 0.25) is 0 Å². The molecule has 0 bridgehead atoms. The topological polar surface area (TPSA) is 42.0 Å². The Kier molecular flexibility index (Phi) is 5.42. The van der Waals surface area contributed by atoms with Crippen LogP contribution in [-0.4, -0.2) is 17.4 Å². The van der Waals surface area contributed by atoms with Crippen molar-refractivity contribution in [1.82, 2.24) is 10.3 Å². The first kappa shape index (κ1) is 16.0. The van der Waals surface area contributed by atoms with Gasteiger partial charge in [-0.05, 0) is 34.6 Å². The maximum absolute atomic E-state index is 12.3. The molecule has 0 saturated carbocycles. The van der Waals surface area contributed by atoms with Crippen LogP contribution in [-0.2, 0) is 5.75 Å². The van der Waals surface area contributed by atoms with Gasteiger partial charge in [-0.15, -0.1) is 23.1 Å². The van der Waals surface area contributed by atoms with Gasteiger partial charge in [0.05, 0.1) is 0 Å². The number of carbonyl (C=O) groups is 1. The van der Waals surface area contributed by atoms with Crippen molar-refractivity contribution in [1.29, 1.82) is 0 Å². The standard InChI is InChI=1S/C16H20N2OS2/c1-16(2,3)11-18-15(19)14-13(6-9-20-14)21-10-12-4-7-17-8-5-12/h4-9H,10-11H2,1-3H3,(H,18,19). The predicted molar refractivity (Wildman–Crippen MR) is 89.9 cm³/mol. The Morgan fingerprint density at radius 2 is 2.00 bits per heavy atom. The molecule has 2 rings (SSSR count). The number of amides is 1. The van der Waals surface area contributed by atoms with E-state index in [-0.39, 0.29) is 11.3 Å². The summed E-state index contributed by atoms with van der Waals surface area (Å²) in [6, 6.07) is 6.01. The highest BCUT2D eigenvalue weighted by Gasteiger charge is 2.17. The van der Waals surface area contributed by atoms with Crippen molar-refractivity contribution in [2.45, 2.75) is 31.4 Å². The van der Waals surface area contributed by atoms with E-state index in [2.05, 4.69) is 31.1 Å². The van der Waals surface area contributed by atoms with E-state index in [4.69, 9.17) is 0 Å². The number of hydrogen-bond donors (Lipinski definition) is 1. The van der Waals surface area contributed by atoms with Crippen molar-refractivity contribution in [3.05, 3.63) is 46.4 Å². The second kappa shape index (κ2) is 7.09. The summed E-state index contributed by atoms with van der Waals surface area (Å²) in [5.41, 5.74) is 1.30. The molecule has 0 aliphatic rings. The maximum atomic E-state index is 12.3. The van der Waals surface area contributed by atoms with Crippen LogP contribution in [0.3, 0.4) is 0 Å². The summed E-state index contributed by atoms with van der Waals surface area (Å²) in [6.45, 7) is 7.01. The SMILES string of the molecule is CC(C)(C)CNC(=O)c1sccc1SCc1ccncc1. The Bertz CT molecular complexity index is 588. The fraction of sp³-hybridized carbons (Fsp3) is 0.375. The summed E-state index contributed by atoms with van der Waals surface area (Å²) < 4.78 is 0. The second-order valence-electron chi connectivity index (χ2n) is 6.00. The molecule has 0 saturated heterocycles. The minimum atomic E-state index is 0.0251. The van der Waals surface area contributed by atoms with E-state index in [9.17, 15) is 4.79 Å². The lowest BCUT2D eigenvalue weighted by Crippen LogP contribution is -2.32. The number of nitrogens with zero attached hydrogens (tertiary/aromatic N) is 1. The highest BCUT2D eigenvalue weighted by atomic mass is 32.2. The lowest BCUT2D eigenvalue weighted by atomic mass is 9.97. The molecule has 0 atom stereocenters. The molecule has 21 heavy (non-hydrogen) atoms. The molecule has 0 aliphatic carbocycles. The zero-order valence-corrected chi connectivity index (χ0v) is 14.2. The monoisotopic (exact) mass is 320 g/mol. The smallest absolute Gasteiger partial charge is 0.262 e. The van der Waals surface area contributed by atoms with Crippen molar-refractivity contribution >= 4 is 29.0 Å². The van der Waals surface area contributed by atoms with Gasteiger partial charge in [-0.25, -0.2) is 0 Å². The third-order valence-corrected chi connectivity index (χ3v) is 4.93. The average molecular weight is 320 g/mol. The van der Waals surface area contributed by atoms with Crippen LogP contribution in [0.1, 0.15) is 36.0 Å². The van der Waals surface area contributed by atoms with Gasteiger partial charge in [0.15, 0.2) is 0 Å². The molecular weight excluding hydrogens is 300 g/mol. The molecular formula is C16H20N2OS2. The Hall–Kier alpha value is -1.33. The van der Waals surface area contributed by atoms with Gasteiger partial charge in [0, 0.05) is 29.6 Å². The Morgan fingerprint density at radius 1 is 1.29 bits per heavy atom. The van der Waals surface area contributed by atoms with Crippen LogP contribution in [0.2, 0.25) is 0 Å². The molecule has 1 N–H and O–H groups in total. The molecule has 0 spiro atoms. The van der Waals surface area contributed by atoms with E-state index in [0.29, 0.717) is 6.54 Å². The largest absolute Gasteiger partial charge is 0.351 e. The number of nitrogens with one attached hydrogen (secondary N) is 1. The number of carbonyl (C=O) groups excluding carboxylic acids is 1. The highest BCUT2D eigenvalue weighted by molar-refractivity contribution is 7.98. The Morgan fingerprint density at radius 3 is 2.67 bits per heavy atom. The van der Waals surface area contributed by atoms with Crippen LogP contribution < -0.4 is 5.32 Å². The number of thioether (sulfide) groups is 1. The molecule has 2 aromatic heterocycles. The molecule has 0 aliphatic heterocycles. The number of hydrogen-bond acceptors (Lipinski definition) is 4. The lowest BCUT2D eigenvalue weighted by molar-refractivity contribution is 0.0941. The maximum Gasteiger partial charge on any atom is 0.262 e. The van der Waals surface area contributed by atoms with Crippen molar-refractivity contribution in [3.8, 4) is 0 Å². The van der Waals surface area contributed by atoms with Gasteiger partial charge in [-0.2, -0.15) is 0 Å². The van der Waals surface area contributed by atoms with Crippen molar-refractivity contribution in [3.63, 3.8) is 0 Å². The van der Waals surface area contributed by atoms with Gasteiger partial charge >= 0.3 is 0 Å². The zero-order chi connectivity index (χ0) is 15.3. The summed E-state index contributed by atoms with van der Waals surface area (Å²) in [4.78, 5) is 18.1. The molecule has 2 heterocycles. The van der Waals surface area contributed by atoms with Crippen LogP contribution in [0.5, 0.6) is 0 Å². The van der Waals surface area contributed by atoms with E-state index < -0.39 is 0 Å². The Balaban J connectivity index is 1.96. The van der Waals surface area contributed by atoms with Crippen LogP contribution in [0.15, 0.2) is 40.9 Å². The van der Waals surface area contributed by atoms with Gasteiger partial charge in [0.1, 0.15) is 4.88 Å². The lowest BCUT2D eigenvalue weighted by Gasteiger charge is -2.18. The normalized spacial score (nSPS) is 11.4. The minimum Gasteiger partial charge on any atom is -0.351 e. The van der Waals surface area contributed by atoms with Gasteiger partial charge in [-0.1, -0.05) is 20.8 Å². The van der Waals surface area contributed by atoms with E-state index in [1.54, 1.807) is 24.2 Å². The molecule has 3 nitrogen and oxygen atoms in total. The molecule has 0 fully saturated rings. The highest BCUT2D eigenvalue weighted by Crippen LogP contribution is 2.30. The quantitative estimate of drug-likeness (QED) is 0.839. The van der Waals surface area contributed by atoms with Gasteiger partial charge in [-0.3, -0.25) is 9.78 Å². The first-order valence-corrected chi connectivity index (χ1v) is 8.70. The van der Waals surface area contributed by atoms with Crippen molar-refractivity contribution < 1.29 is 4.79 Å². The third kappa shape index (κ3) is 5.17. The van der Waals surface area contributed by atoms with E-state index >= 15 is 0 Å². The van der Waals surface area contributed by atoms with Crippen LogP contribution in [0, 0.1) is 5.41 Å². The van der Waals surface area contributed by atoms with Crippen molar-refractivity contribution in [2.24, 2.45) is 5.41 Å². The van der Waals surface area contributed by atoms with E-state index in [1.807, 2.05) is 23.6 Å². The minimum absolute atomic E-state index is 0.0251. The van der Waals surface area contributed by atoms with E-state index in [0.717, 1.165) is 15.5 Å². The number of pyridine rings is 1. The van der Waals surface area contributed by atoms with E-state index in [1.165, 1.54) is 16.9 Å². The Labute approximate surface area is 134 Å². The first-order valence-electron chi connectivity index (χ1n) is 6.83. The molecule has 1 amide bonds. The summed E-state index contributed by atoms with van der Waals surface area (Å²) in [5, 5.41) is 4.98. The average Bonchev–Trinajstić information content (AvgIpc) is 2.91. The third-order valence-electron chi connectivity index (χ3n) is 2.76. The summed E-state index contributed by atoms with van der Waals surface area (Å²) >= 11 is 3.19. The fourth-order valence-corrected chi connectivity index (χ4v) is 3.66. The predicted octanol–water partition coefficient (Wildman–Crippen LogP) is 4.21. The summed E-state index contributed by atoms with van der Waals surface area (Å²) in [5.74, 6) is 0.871. The van der Waals surface area contributed by atoms with Crippen LogP contribution >= 0.6 is 23.1 Å². The van der Waals surface area contributed by atoms with Gasteiger partial charge < -0.3 is 5.32 Å². The summed E-state index contributed by atoms with van der Waals surface area (Å²) in [6.07, 6.45) is 3.58. The second-order valence-corrected chi connectivity index (χ2v) is 7.93. The molecule has 0 aromatic carbocycles. The number of aromatic nitrogens is 1. The van der Waals surface area contributed by atoms with Crippen LogP contribution in [0.4, 0.5) is 0 Å². The number of rotatable bonds is 5. The fourth-order valence-electron chi connectivity index (χ4n) is 1.64. The zero-order valence-electron chi connectivity index (χ0n) is 12.6. The van der Waals surface area contributed by atoms with Crippen LogP contribution in [0.25, 0.3) is 0 Å². The van der Waals surface area contributed by atoms with Crippen molar-refractivity contribution in [2.75, 3.05) is 6.54 Å². The summed E-state index contributed by atoms with van der Waals surface area (Å²) in [7, 11) is 0. The molecule has 112 valence electrons. The molecule has 0 radical (unpaired) electrons. The molecule has 5 heteroatoms. The molecule has 0 unspecified atom stereocenters. The number of thiophene rings is 1. The first-order chi connectivity index (χ1) is 9.96. The van der Waals surface area contributed by atoms with Gasteiger partial charge in [0.25, 0.3) is 5.91 Å².